The number of likely N-dealkylation sites (N-methyl/N-ethyl adjacent to an activating group) is 1. The summed E-state index contributed by atoms with van der Waals surface area (Å²) in [6.45, 7) is 5.17. The first kappa shape index (κ1) is 18.8. The lowest BCUT2D eigenvalue weighted by Crippen LogP contribution is -2.34. The number of nitrogens with one attached hydrogen (secondary N) is 2. The van der Waals surface area contributed by atoms with Crippen molar-refractivity contribution in [1.82, 2.24) is 24.8 Å². The van der Waals surface area contributed by atoms with E-state index >= 15 is 0 Å². The molecule has 1 fully saturated rings. The lowest BCUT2D eigenvalue weighted by atomic mass is 10.2. The van der Waals surface area contributed by atoms with Crippen LogP contribution in [0.5, 0.6) is 0 Å². The highest BCUT2D eigenvalue weighted by Gasteiger charge is 2.22. The van der Waals surface area contributed by atoms with Crippen molar-refractivity contribution < 1.29 is 4.39 Å². The molecule has 3 aromatic rings. The van der Waals surface area contributed by atoms with Crippen molar-refractivity contribution in [3.05, 3.63) is 41.6 Å². The number of aromatic nitrogens is 4. The van der Waals surface area contributed by atoms with Gasteiger partial charge in [-0.1, -0.05) is 18.5 Å². The first-order valence-corrected chi connectivity index (χ1v) is 9.69. The number of nitrogens with zero attached hydrogens (tertiary/aromatic N) is 5. The van der Waals surface area contributed by atoms with E-state index < -0.39 is 5.82 Å². The van der Waals surface area contributed by atoms with E-state index in [-0.39, 0.29) is 5.02 Å². The van der Waals surface area contributed by atoms with Crippen LogP contribution >= 0.6 is 11.6 Å². The molecule has 0 aliphatic carbocycles. The van der Waals surface area contributed by atoms with Crippen LogP contribution in [-0.2, 0) is 0 Å². The molecule has 0 amide bonds. The van der Waals surface area contributed by atoms with Crippen LogP contribution in [0.25, 0.3) is 11.0 Å². The molecule has 1 atom stereocenters. The Morgan fingerprint density at radius 1 is 1.29 bits per heavy atom. The lowest BCUT2D eigenvalue weighted by Gasteiger charge is -2.22. The van der Waals surface area contributed by atoms with Crippen molar-refractivity contribution in [3.63, 3.8) is 0 Å². The summed E-state index contributed by atoms with van der Waals surface area (Å²) in [6.07, 6.45) is 5.50. The zero-order valence-corrected chi connectivity index (χ0v) is 16.2. The molecular formula is C19H21ClFN7. The summed E-state index contributed by atoms with van der Waals surface area (Å²) >= 11 is 5.86. The van der Waals surface area contributed by atoms with Gasteiger partial charge in [0.1, 0.15) is 23.2 Å². The van der Waals surface area contributed by atoms with Crippen LogP contribution in [0.15, 0.2) is 30.7 Å². The van der Waals surface area contributed by atoms with Crippen LogP contribution in [-0.4, -0.2) is 50.5 Å². The second-order valence-corrected chi connectivity index (χ2v) is 7.12. The molecule has 0 spiro atoms. The van der Waals surface area contributed by atoms with Gasteiger partial charge in [0.25, 0.3) is 0 Å². The lowest BCUT2D eigenvalue weighted by molar-refractivity contribution is 0.277. The normalized spacial score (nSPS) is 17.2. The predicted molar refractivity (Wildman–Crippen MR) is 109 cm³/mol. The topological polar surface area (TPSA) is 78.9 Å². The number of anilines is 3. The third-order valence-electron chi connectivity index (χ3n) is 4.96. The van der Waals surface area contributed by atoms with E-state index in [1.165, 1.54) is 31.3 Å². The molecule has 1 saturated heterocycles. The van der Waals surface area contributed by atoms with E-state index in [0.29, 0.717) is 34.5 Å². The van der Waals surface area contributed by atoms with Gasteiger partial charge in [0, 0.05) is 18.3 Å². The van der Waals surface area contributed by atoms with Gasteiger partial charge < -0.3 is 10.6 Å². The Balaban J connectivity index is 1.56. The third kappa shape index (κ3) is 3.98. The van der Waals surface area contributed by atoms with Gasteiger partial charge in [0.05, 0.1) is 11.2 Å². The van der Waals surface area contributed by atoms with Gasteiger partial charge in [-0.25, -0.2) is 24.3 Å². The predicted octanol–water partition coefficient (Wildman–Crippen LogP) is 3.85. The molecule has 1 aliphatic heterocycles. The molecule has 1 aliphatic rings. The van der Waals surface area contributed by atoms with Crippen molar-refractivity contribution in [1.29, 1.82) is 0 Å². The van der Waals surface area contributed by atoms with Crippen molar-refractivity contribution >= 4 is 40.1 Å². The molecule has 28 heavy (non-hydrogen) atoms. The Labute approximate surface area is 167 Å². The molecule has 146 valence electrons. The molecular weight excluding hydrogens is 381 g/mol. The standard InChI is InChI=1S/C19H21ClFN7/c1-2-28-7-3-4-13(28)9-22-19-23-10-16-17(27-19)18(25-11-24-16)26-12-5-6-15(21)14(20)8-12/h5-6,8,10-11,13H,2-4,7,9H2,1H3,(H,22,23,27)(H,24,25,26). The molecule has 9 heteroatoms. The highest BCUT2D eigenvalue weighted by molar-refractivity contribution is 6.31. The fourth-order valence-corrected chi connectivity index (χ4v) is 3.67. The van der Waals surface area contributed by atoms with Crippen LogP contribution in [0.3, 0.4) is 0 Å². The largest absolute Gasteiger partial charge is 0.353 e. The van der Waals surface area contributed by atoms with Crippen LogP contribution in [0.4, 0.5) is 21.8 Å². The van der Waals surface area contributed by atoms with Crippen molar-refractivity contribution in [2.45, 2.75) is 25.8 Å². The maximum atomic E-state index is 13.4. The monoisotopic (exact) mass is 401 g/mol. The summed E-state index contributed by atoms with van der Waals surface area (Å²) in [5.41, 5.74) is 1.82. The van der Waals surface area contributed by atoms with Crippen LogP contribution in [0.1, 0.15) is 19.8 Å². The van der Waals surface area contributed by atoms with Gasteiger partial charge in [0.15, 0.2) is 5.82 Å². The number of likely N-dealkylation sites (tertiary alicyclic amines) is 1. The quantitative estimate of drug-likeness (QED) is 0.649. The van der Waals surface area contributed by atoms with Crippen LogP contribution in [0.2, 0.25) is 5.02 Å². The number of hydrogen-bond acceptors (Lipinski definition) is 7. The van der Waals surface area contributed by atoms with Gasteiger partial charge in [-0.15, -0.1) is 0 Å². The minimum Gasteiger partial charge on any atom is -0.353 e. The SMILES string of the molecule is CCN1CCCC1CNc1ncc2ncnc(Nc3ccc(F)c(Cl)c3)c2n1. The number of halogens is 2. The zero-order chi connectivity index (χ0) is 19.5. The highest BCUT2D eigenvalue weighted by Crippen LogP contribution is 2.25. The maximum Gasteiger partial charge on any atom is 0.223 e. The van der Waals surface area contributed by atoms with Crippen LogP contribution < -0.4 is 10.6 Å². The van der Waals surface area contributed by atoms with E-state index in [4.69, 9.17) is 11.6 Å². The summed E-state index contributed by atoms with van der Waals surface area (Å²) in [4.78, 5) is 19.9. The third-order valence-corrected chi connectivity index (χ3v) is 5.25. The molecule has 2 N–H and O–H groups in total. The Kier molecular flexibility index (Phi) is 5.50. The molecule has 0 bridgehead atoms. The van der Waals surface area contributed by atoms with Gasteiger partial charge in [-0.3, -0.25) is 4.90 Å². The Hall–Kier alpha value is -2.58. The van der Waals surface area contributed by atoms with Gasteiger partial charge in [-0.05, 0) is 44.1 Å². The van der Waals surface area contributed by atoms with Gasteiger partial charge in [0.2, 0.25) is 5.95 Å². The molecule has 0 saturated carbocycles. The number of benzene rings is 1. The summed E-state index contributed by atoms with van der Waals surface area (Å²) in [5, 5.41) is 6.50. The van der Waals surface area contributed by atoms with Crippen LogP contribution in [0, 0.1) is 5.82 Å². The van der Waals surface area contributed by atoms with Crippen molar-refractivity contribution in [2.24, 2.45) is 0 Å². The van der Waals surface area contributed by atoms with E-state index in [0.717, 1.165) is 19.6 Å². The number of hydrogen-bond donors (Lipinski definition) is 2. The first-order chi connectivity index (χ1) is 13.6. The van der Waals surface area contributed by atoms with E-state index in [9.17, 15) is 4.39 Å². The van der Waals surface area contributed by atoms with E-state index in [1.54, 1.807) is 12.3 Å². The van der Waals surface area contributed by atoms with Gasteiger partial charge in [-0.2, -0.15) is 0 Å². The zero-order valence-electron chi connectivity index (χ0n) is 15.5. The maximum absolute atomic E-state index is 13.4. The summed E-state index contributed by atoms with van der Waals surface area (Å²) in [6, 6.07) is 4.90. The number of fused-ring (bicyclic) bond motifs is 1. The molecule has 7 nitrogen and oxygen atoms in total. The molecule has 0 radical (unpaired) electrons. The Morgan fingerprint density at radius 3 is 3.00 bits per heavy atom. The summed E-state index contributed by atoms with van der Waals surface area (Å²) < 4.78 is 13.4. The second-order valence-electron chi connectivity index (χ2n) is 6.71. The van der Waals surface area contributed by atoms with Crippen molar-refractivity contribution in [3.8, 4) is 0 Å². The first-order valence-electron chi connectivity index (χ1n) is 9.32. The minimum atomic E-state index is -0.471. The fraction of sp³-hybridized carbons (Fsp3) is 0.368. The average molecular weight is 402 g/mol. The van der Waals surface area contributed by atoms with Crippen molar-refractivity contribution in [2.75, 3.05) is 30.3 Å². The van der Waals surface area contributed by atoms with E-state index in [2.05, 4.69) is 42.4 Å². The summed E-state index contributed by atoms with van der Waals surface area (Å²) in [7, 11) is 0. The van der Waals surface area contributed by atoms with Gasteiger partial charge >= 0.3 is 0 Å². The molecule has 3 heterocycles. The minimum absolute atomic E-state index is 0.0392. The number of rotatable bonds is 6. The average Bonchev–Trinajstić information content (AvgIpc) is 3.17. The van der Waals surface area contributed by atoms with E-state index in [1.807, 2.05) is 0 Å². The Bertz CT molecular complexity index is 984. The molecule has 1 aromatic carbocycles. The molecule has 2 aromatic heterocycles. The molecule has 4 rings (SSSR count). The smallest absolute Gasteiger partial charge is 0.223 e. The second kappa shape index (κ2) is 8.20. The highest BCUT2D eigenvalue weighted by atomic mass is 35.5. The summed E-state index contributed by atoms with van der Waals surface area (Å²) in [5.74, 6) is 0.571. The fourth-order valence-electron chi connectivity index (χ4n) is 3.49. The molecule has 1 unspecified atom stereocenters. The Morgan fingerprint density at radius 2 is 2.18 bits per heavy atom.